The van der Waals surface area contributed by atoms with E-state index < -0.39 is 49.5 Å². The van der Waals surface area contributed by atoms with Gasteiger partial charge in [0.25, 0.3) is 0 Å². The lowest BCUT2D eigenvalue weighted by Gasteiger charge is -2.40. The molecule has 0 bridgehead atoms. The zero-order chi connectivity index (χ0) is 38.8. The number of unbranched alkanes of at least 4 members (excludes halogenated alkanes) is 28. The van der Waals surface area contributed by atoms with Crippen LogP contribution in [0.4, 0.5) is 0 Å². The third kappa shape index (κ3) is 26.6. The number of rotatable bonds is 38. The second kappa shape index (κ2) is 35.6. The highest BCUT2D eigenvalue weighted by molar-refractivity contribution is 5.76. The van der Waals surface area contributed by atoms with Gasteiger partial charge in [0.1, 0.15) is 24.4 Å². The van der Waals surface area contributed by atoms with Crippen LogP contribution < -0.4 is 5.32 Å². The Balaban J connectivity index is 2.33. The molecule has 6 N–H and O–H groups in total. The first-order valence-electron chi connectivity index (χ1n) is 22.7. The van der Waals surface area contributed by atoms with E-state index in [1.54, 1.807) is 0 Å². The molecule has 0 radical (unpaired) electrons. The molecule has 0 aliphatic carbocycles. The van der Waals surface area contributed by atoms with E-state index in [1.165, 1.54) is 154 Å². The van der Waals surface area contributed by atoms with Crippen molar-refractivity contribution in [3.8, 4) is 0 Å². The summed E-state index contributed by atoms with van der Waals surface area (Å²) in [6, 6.07) is -0.710. The number of amides is 1. The largest absolute Gasteiger partial charge is 0.394 e. The molecule has 0 aromatic heterocycles. The highest BCUT2D eigenvalue weighted by Gasteiger charge is 2.44. The summed E-state index contributed by atoms with van der Waals surface area (Å²) in [5.74, 6) is -0.141. The van der Waals surface area contributed by atoms with E-state index in [-0.39, 0.29) is 12.5 Å². The average Bonchev–Trinajstić information content (AvgIpc) is 3.16. The van der Waals surface area contributed by atoms with Crippen molar-refractivity contribution < 1.29 is 39.8 Å². The lowest BCUT2D eigenvalue weighted by atomic mass is 9.99. The number of nitrogens with one attached hydrogen (secondary N) is 1. The van der Waals surface area contributed by atoms with Crippen LogP contribution in [0.1, 0.15) is 219 Å². The molecule has 9 heteroatoms. The summed E-state index contributed by atoms with van der Waals surface area (Å²) in [6.45, 7) is 3.84. The minimum atomic E-state index is -1.55. The molecular weight excluding hydrogens is 670 g/mol. The van der Waals surface area contributed by atoms with Crippen LogP contribution in [0.15, 0.2) is 0 Å². The summed E-state index contributed by atoms with van der Waals surface area (Å²) in [6.07, 6.45) is 31.0. The lowest BCUT2D eigenvalue weighted by molar-refractivity contribution is -0.302. The number of hydrogen-bond donors (Lipinski definition) is 6. The van der Waals surface area contributed by atoms with Crippen LogP contribution in [0, 0.1) is 0 Å². The first kappa shape index (κ1) is 50.2. The molecule has 1 rings (SSSR count). The van der Waals surface area contributed by atoms with Crippen LogP contribution in [0.2, 0.25) is 0 Å². The third-order valence-electron chi connectivity index (χ3n) is 11.2. The van der Waals surface area contributed by atoms with E-state index >= 15 is 0 Å². The quantitative estimate of drug-likeness (QED) is 0.0342. The van der Waals surface area contributed by atoms with Gasteiger partial charge in [-0.1, -0.05) is 200 Å². The lowest BCUT2D eigenvalue weighted by Crippen LogP contribution is -2.60. The van der Waals surface area contributed by atoms with Crippen LogP contribution in [0.5, 0.6) is 0 Å². The van der Waals surface area contributed by atoms with Crippen molar-refractivity contribution >= 4 is 5.91 Å². The molecule has 7 atom stereocenters. The van der Waals surface area contributed by atoms with E-state index in [9.17, 15) is 30.3 Å². The smallest absolute Gasteiger partial charge is 0.220 e. The molecule has 0 saturated carbocycles. The Labute approximate surface area is 325 Å². The number of hydrogen-bond acceptors (Lipinski definition) is 8. The minimum Gasteiger partial charge on any atom is -0.394 e. The normalized spacial score (nSPS) is 21.5. The van der Waals surface area contributed by atoms with Gasteiger partial charge in [-0.05, 0) is 12.8 Å². The second-order valence-electron chi connectivity index (χ2n) is 16.2. The molecule has 2 unspecified atom stereocenters. The molecule has 1 fully saturated rings. The van der Waals surface area contributed by atoms with Gasteiger partial charge in [0, 0.05) is 6.42 Å². The maximum Gasteiger partial charge on any atom is 0.220 e. The highest BCUT2D eigenvalue weighted by Crippen LogP contribution is 2.23. The first-order valence-corrected chi connectivity index (χ1v) is 22.7. The Kier molecular flexibility index (Phi) is 33.7. The average molecular weight is 758 g/mol. The fourth-order valence-electron chi connectivity index (χ4n) is 7.51. The van der Waals surface area contributed by atoms with E-state index in [0.717, 1.165) is 38.5 Å². The topological polar surface area (TPSA) is 149 Å². The maximum atomic E-state index is 12.9. The zero-order valence-electron chi connectivity index (χ0n) is 34.5. The van der Waals surface area contributed by atoms with Crippen LogP contribution in [-0.2, 0) is 14.3 Å². The van der Waals surface area contributed by atoms with Crippen LogP contribution in [0.25, 0.3) is 0 Å². The van der Waals surface area contributed by atoms with Crippen molar-refractivity contribution in [1.29, 1.82) is 0 Å². The van der Waals surface area contributed by atoms with Crippen molar-refractivity contribution in [2.45, 2.75) is 262 Å². The standard InChI is InChI=1S/C44H87NO8/c1-3-5-7-9-11-13-15-17-19-20-21-23-25-27-29-31-33-38(47)37(36-52-44-43(51)42(50)41(49)39(35-46)53-44)45-40(48)34-32-30-28-26-24-22-18-16-14-12-10-8-6-4-2/h37-39,41-44,46-47,49-51H,3-36H2,1-2H3,(H,45,48)/t37-,38+,39+,41-,42?,43?,44+/m0/s1. The summed E-state index contributed by atoms with van der Waals surface area (Å²) in [7, 11) is 0. The van der Waals surface area contributed by atoms with Crippen LogP contribution in [-0.4, -0.2) is 87.5 Å². The molecule has 0 spiro atoms. The molecule has 1 aliphatic rings. The van der Waals surface area contributed by atoms with Crippen molar-refractivity contribution in [2.75, 3.05) is 13.2 Å². The predicted octanol–water partition coefficient (Wildman–Crippen LogP) is 9.17. The van der Waals surface area contributed by atoms with Gasteiger partial charge in [0.05, 0.1) is 25.4 Å². The van der Waals surface area contributed by atoms with Gasteiger partial charge in [0.2, 0.25) is 5.91 Å². The summed E-state index contributed by atoms with van der Waals surface area (Å²) < 4.78 is 11.3. The number of carbonyl (C=O) groups excluding carboxylic acids is 1. The molecule has 0 aromatic carbocycles. The minimum absolute atomic E-state index is 0.132. The van der Waals surface area contributed by atoms with Gasteiger partial charge in [-0.2, -0.15) is 0 Å². The van der Waals surface area contributed by atoms with Gasteiger partial charge in [0.15, 0.2) is 6.29 Å². The van der Waals surface area contributed by atoms with E-state index in [2.05, 4.69) is 19.2 Å². The van der Waals surface area contributed by atoms with Crippen LogP contribution in [0.3, 0.4) is 0 Å². The van der Waals surface area contributed by atoms with Crippen molar-refractivity contribution in [1.82, 2.24) is 5.32 Å². The number of ether oxygens (including phenoxy) is 2. The number of carbonyl (C=O) groups is 1. The van der Waals surface area contributed by atoms with E-state index in [4.69, 9.17) is 9.47 Å². The van der Waals surface area contributed by atoms with E-state index in [1.807, 2.05) is 0 Å². The molecular formula is C44H87NO8. The first-order chi connectivity index (χ1) is 25.8. The Bertz CT molecular complexity index is 801. The van der Waals surface area contributed by atoms with Gasteiger partial charge >= 0.3 is 0 Å². The molecule has 53 heavy (non-hydrogen) atoms. The molecule has 1 saturated heterocycles. The van der Waals surface area contributed by atoms with Crippen molar-refractivity contribution in [3.05, 3.63) is 0 Å². The third-order valence-corrected chi connectivity index (χ3v) is 11.2. The number of aliphatic hydroxyl groups excluding tert-OH is 5. The Morgan fingerprint density at radius 1 is 0.566 bits per heavy atom. The summed E-state index contributed by atoms with van der Waals surface area (Å²) in [5.41, 5.74) is 0. The predicted molar refractivity (Wildman–Crippen MR) is 217 cm³/mol. The van der Waals surface area contributed by atoms with Gasteiger partial charge < -0.3 is 40.3 Å². The molecule has 1 amide bonds. The summed E-state index contributed by atoms with van der Waals surface area (Å²) in [4.78, 5) is 12.9. The Hall–Kier alpha value is -0.810. The monoisotopic (exact) mass is 758 g/mol. The van der Waals surface area contributed by atoms with Crippen molar-refractivity contribution in [3.63, 3.8) is 0 Å². The van der Waals surface area contributed by atoms with Crippen molar-refractivity contribution in [2.24, 2.45) is 0 Å². The zero-order valence-corrected chi connectivity index (χ0v) is 34.5. The molecule has 316 valence electrons. The van der Waals surface area contributed by atoms with Gasteiger partial charge in [-0.3, -0.25) is 4.79 Å². The Morgan fingerprint density at radius 3 is 1.34 bits per heavy atom. The SMILES string of the molecule is CCCCCCCCCCCCCCCCCC[C@@H](O)[C@H](CO[C@@H]1O[C@H](CO)[C@H](O)C(O)C1O)NC(=O)CCCCCCCCCCCCCCCC. The highest BCUT2D eigenvalue weighted by atomic mass is 16.7. The second-order valence-corrected chi connectivity index (χ2v) is 16.2. The van der Waals surface area contributed by atoms with E-state index in [0.29, 0.717) is 12.8 Å². The van der Waals surface area contributed by atoms with Gasteiger partial charge in [-0.25, -0.2) is 0 Å². The molecule has 1 heterocycles. The maximum absolute atomic E-state index is 12.9. The van der Waals surface area contributed by atoms with Crippen LogP contribution >= 0.6 is 0 Å². The Morgan fingerprint density at radius 2 is 0.943 bits per heavy atom. The molecule has 1 aliphatic heterocycles. The fraction of sp³-hybridized carbons (Fsp3) is 0.977. The molecule has 0 aromatic rings. The number of aliphatic hydroxyl groups is 5. The summed E-state index contributed by atoms with van der Waals surface area (Å²) in [5, 5.41) is 54.3. The molecule has 9 nitrogen and oxygen atoms in total. The fourth-order valence-corrected chi connectivity index (χ4v) is 7.51. The van der Waals surface area contributed by atoms with Gasteiger partial charge in [-0.15, -0.1) is 0 Å². The summed E-state index contributed by atoms with van der Waals surface area (Å²) >= 11 is 0.